The smallest absolute Gasteiger partial charge is 0.255 e. The molecule has 1 fully saturated rings. The van der Waals surface area contributed by atoms with E-state index in [1.807, 2.05) is 18.7 Å². The van der Waals surface area contributed by atoms with Gasteiger partial charge in [-0.1, -0.05) is 6.58 Å². The van der Waals surface area contributed by atoms with Crippen LogP contribution in [0.5, 0.6) is 0 Å². The fourth-order valence-corrected chi connectivity index (χ4v) is 3.44. The fraction of sp³-hybridized carbons (Fsp3) is 0.474. The first-order valence-corrected chi connectivity index (χ1v) is 9.17. The van der Waals surface area contributed by atoms with Crippen molar-refractivity contribution in [1.29, 1.82) is 0 Å². The third-order valence-electron chi connectivity index (χ3n) is 4.87. The van der Waals surface area contributed by atoms with Crippen LogP contribution in [0.1, 0.15) is 24.2 Å². The molecule has 2 aromatic heterocycles. The van der Waals surface area contributed by atoms with Crippen molar-refractivity contribution in [2.24, 2.45) is 0 Å². The summed E-state index contributed by atoms with van der Waals surface area (Å²) in [5.41, 5.74) is 1.15. The van der Waals surface area contributed by atoms with Crippen LogP contribution in [0.3, 0.4) is 0 Å². The molecule has 3 rings (SSSR count). The number of rotatable bonds is 6. The molecule has 0 atom stereocenters. The summed E-state index contributed by atoms with van der Waals surface area (Å²) in [4.78, 5) is 40.5. The van der Waals surface area contributed by atoms with E-state index in [1.54, 1.807) is 19.5 Å². The highest BCUT2D eigenvalue weighted by Gasteiger charge is 2.36. The van der Waals surface area contributed by atoms with E-state index in [0.717, 1.165) is 0 Å². The summed E-state index contributed by atoms with van der Waals surface area (Å²) < 4.78 is 4.96. The molecule has 9 heteroatoms. The molecule has 1 aliphatic rings. The average Bonchev–Trinajstić information content (AvgIpc) is 3.10. The van der Waals surface area contributed by atoms with Gasteiger partial charge in [0.2, 0.25) is 5.91 Å². The van der Waals surface area contributed by atoms with Gasteiger partial charge in [0.1, 0.15) is 11.3 Å². The lowest BCUT2D eigenvalue weighted by Crippen LogP contribution is -2.61. The minimum atomic E-state index is -0.376. The Morgan fingerprint density at radius 2 is 2.21 bits per heavy atom. The van der Waals surface area contributed by atoms with Gasteiger partial charge in [0.15, 0.2) is 5.65 Å². The predicted molar refractivity (Wildman–Crippen MR) is 106 cm³/mol. The zero-order valence-electron chi connectivity index (χ0n) is 16.5. The Morgan fingerprint density at radius 3 is 2.89 bits per heavy atom. The third-order valence-corrected chi connectivity index (χ3v) is 4.87. The minimum Gasteiger partial charge on any atom is -0.383 e. The monoisotopic (exact) mass is 386 g/mol. The Kier molecular flexibility index (Phi) is 5.64. The number of aromatic nitrogens is 3. The van der Waals surface area contributed by atoms with E-state index in [-0.39, 0.29) is 17.4 Å². The molecule has 2 amide bonds. The number of carbonyl (C=O) groups is 2. The molecule has 0 aromatic carbocycles. The van der Waals surface area contributed by atoms with Gasteiger partial charge in [-0.2, -0.15) is 0 Å². The van der Waals surface area contributed by atoms with Crippen molar-refractivity contribution in [3.63, 3.8) is 0 Å². The number of hydrogen-bond acceptors (Lipinski definition) is 6. The molecule has 2 aromatic rings. The van der Waals surface area contributed by atoms with Gasteiger partial charge in [0, 0.05) is 39.5 Å². The van der Waals surface area contributed by atoms with Crippen molar-refractivity contribution in [2.75, 3.05) is 44.8 Å². The van der Waals surface area contributed by atoms with Crippen LogP contribution in [0.4, 0.5) is 5.82 Å². The lowest BCUT2D eigenvalue weighted by atomic mass is 9.98. The predicted octanol–water partition coefficient (Wildman–Crippen LogP) is 0.947. The summed E-state index contributed by atoms with van der Waals surface area (Å²) in [5, 5.41) is 2.80. The number of piperazine rings is 1. The van der Waals surface area contributed by atoms with E-state index >= 15 is 0 Å². The Bertz CT molecular complexity index is 891. The number of anilines is 1. The summed E-state index contributed by atoms with van der Waals surface area (Å²) in [6.45, 7) is 10.3. The summed E-state index contributed by atoms with van der Waals surface area (Å²) >= 11 is 0. The van der Waals surface area contributed by atoms with Crippen molar-refractivity contribution in [1.82, 2.24) is 25.2 Å². The summed E-state index contributed by atoms with van der Waals surface area (Å²) in [6, 6.07) is 0. The van der Waals surface area contributed by atoms with E-state index < -0.39 is 0 Å². The van der Waals surface area contributed by atoms with E-state index in [4.69, 9.17) is 4.74 Å². The lowest BCUT2D eigenvalue weighted by Gasteiger charge is -2.47. The van der Waals surface area contributed by atoms with Crippen molar-refractivity contribution in [3.8, 4) is 0 Å². The second-order valence-electron chi connectivity index (χ2n) is 7.30. The molecule has 3 heterocycles. The van der Waals surface area contributed by atoms with E-state index in [0.29, 0.717) is 55.3 Å². The average molecular weight is 386 g/mol. The number of methoxy groups -OCH3 is 1. The standard InChI is InChI=1S/C19H26N6O3/c1-5-15(26)25-8-7-24(12-19(25,2)3)14-11-22-17-16(23-14)13(10-21-17)18(27)20-6-9-28-4/h5,10-11H,1,6-9,12H2,2-4H3,(H,20,27)(H,21,22). The van der Waals surface area contributed by atoms with Crippen molar-refractivity contribution < 1.29 is 14.3 Å². The van der Waals surface area contributed by atoms with E-state index in [2.05, 4.69) is 31.7 Å². The zero-order valence-corrected chi connectivity index (χ0v) is 16.5. The Morgan fingerprint density at radius 1 is 1.43 bits per heavy atom. The van der Waals surface area contributed by atoms with Crippen molar-refractivity contribution in [2.45, 2.75) is 19.4 Å². The fourth-order valence-electron chi connectivity index (χ4n) is 3.44. The molecule has 28 heavy (non-hydrogen) atoms. The Balaban J connectivity index is 1.82. The maximum atomic E-state index is 12.4. The van der Waals surface area contributed by atoms with Crippen LogP contribution < -0.4 is 10.2 Å². The Hall–Kier alpha value is -2.94. The molecular weight excluding hydrogens is 360 g/mol. The molecule has 0 spiro atoms. The molecule has 0 aliphatic carbocycles. The van der Waals surface area contributed by atoms with Gasteiger partial charge >= 0.3 is 0 Å². The first-order chi connectivity index (χ1) is 13.4. The number of H-pyrrole nitrogens is 1. The van der Waals surface area contributed by atoms with Crippen molar-refractivity contribution >= 4 is 28.8 Å². The first kappa shape index (κ1) is 19.8. The zero-order chi connectivity index (χ0) is 20.3. The molecule has 1 aliphatic heterocycles. The second kappa shape index (κ2) is 7.97. The number of fused-ring (bicyclic) bond motifs is 1. The van der Waals surface area contributed by atoms with Gasteiger partial charge < -0.3 is 24.8 Å². The lowest BCUT2D eigenvalue weighted by molar-refractivity contribution is -0.131. The highest BCUT2D eigenvalue weighted by atomic mass is 16.5. The quantitative estimate of drug-likeness (QED) is 0.566. The number of amides is 2. The van der Waals surface area contributed by atoms with Crippen molar-refractivity contribution in [3.05, 3.63) is 30.6 Å². The molecular formula is C19H26N6O3. The third kappa shape index (κ3) is 3.84. The Labute approximate surface area is 163 Å². The molecule has 0 radical (unpaired) electrons. The minimum absolute atomic E-state index is 0.0770. The highest BCUT2D eigenvalue weighted by Crippen LogP contribution is 2.26. The number of nitrogens with one attached hydrogen (secondary N) is 2. The number of nitrogens with zero attached hydrogens (tertiary/aromatic N) is 4. The number of carbonyl (C=O) groups excluding carboxylic acids is 2. The van der Waals surface area contributed by atoms with Gasteiger partial charge in [0.25, 0.3) is 5.91 Å². The number of hydrogen-bond donors (Lipinski definition) is 2. The van der Waals surface area contributed by atoms with Crippen LogP contribution in [-0.2, 0) is 9.53 Å². The second-order valence-corrected chi connectivity index (χ2v) is 7.30. The van der Waals surface area contributed by atoms with E-state index in [1.165, 1.54) is 6.08 Å². The molecule has 2 N–H and O–H groups in total. The van der Waals surface area contributed by atoms with Gasteiger partial charge in [-0.15, -0.1) is 0 Å². The molecule has 0 bridgehead atoms. The molecule has 0 saturated carbocycles. The maximum Gasteiger partial charge on any atom is 0.255 e. The SMILES string of the molecule is C=CC(=O)N1CCN(c2cnc3[nH]cc(C(=O)NCCOC)c3n2)CC1(C)C. The number of ether oxygens (including phenoxy) is 1. The molecule has 150 valence electrons. The van der Waals surface area contributed by atoms with Gasteiger partial charge in [0.05, 0.1) is 23.9 Å². The summed E-state index contributed by atoms with van der Waals surface area (Å²) in [6.07, 6.45) is 4.64. The van der Waals surface area contributed by atoms with Gasteiger partial charge in [-0.25, -0.2) is 9.97 Å². The van der Waals surface area contributed by atoms with Crippen LogP contribution in [0.15, 0.2) is 25.0 Å². The summed E-state index contributed by atoms with van der Waals surface area (Å²) in [7, 11) is 1.58. The van der Waals surface area contributed by atoms with E-state index in [9.17, 15) is 9.59 Å². The maximum absolute atomic E-state index is 12.4. The van der Waals surface area contributed by atoms with Crippen LogP contribution in [-0.4, -0.2) is 77.1 Å². The number of aromatic amines is 1. The molecule has 9 nitrogen and oxygen atoms in total. The summed E-state index contributed by atoms with van der Waals surface area (Å²) in [5.74, 6) is 0.375. The largest absolute Gasteiger partial charge is 0.383 e. The van der Waals surface area contributed by atoms with Crippen LogP contribution >= 0.6 is 0 Å². The normalized spacial score (nSPS) is 16.2. The topological polar surface area (TPSA) is 103 Å². The molecule has 1 saturated heterocycles. The highest BCUT2D eigenvalue weighted by molar-refractivity contribution is 6.04. The molecule has 0 unspecified atom stereocenters. The van der Waals surface area contributed by atoms with Crippen LogP contribution in [0.25, 0.3) is 11.2 Å². The van der Waals surface area contributed by atoms with Crippen LogP contribution in [0, 0.1) is 0 Å². The van der Waals surface area contributed by atoms with Gasteiger partial charge in [-0.05, 0) is 19.9 Å². The van der Waals surface area contributed by atoms with Crippen LogP contribution in [0.2, 0.25) is 0 Å². The first-order valence-electron chi connectivity index (χ1n) is 9.17. The van der Waals surface area contributed by atoms with Gasteiger partial charge in [-0.3, -0.25) is 9.59 Å².